The van der Waals surface area contributed by atoms with Crippen molar-refractivity contribution in [2.45, 2.75) is 31.9 Å². The van der Waals surface area contributed by atoms with Crippen LogP contribution >= 0.6 is 23.2 Å². The molecule has 0 saturated heterocycles. The van der Waals surface area contributed by atoms with Crippen LogP contribution in [-0.4, -0.2) is 33.6 Å². The molecule has 0 bridgehead atoms. The van der Waals surface area contributed by atoms with E-state index in [-0.39, 0.29) is 22.9 Å². The first-order valence-corrected chi connectivity index (χ1v) is 9.11. The van der Waals surface area contributed by atoms with Gasteiger partial charge in [-0.1, -0.05) is 35.3 Å². The molecule has 0 fully saturated rings. The van der Waals surface area contributed by atoms with E-state index in [2.05, 4.69) is 5.10 Å². The summed E-state index contributed by atoms with van der Waals surface area (Å²) in [7, 11) is 0. The van der Waals surface area contributed by atoms with Crippen molar-refractivity contribution < 1.29 is 27.8 Å². The van der Waals surface area contributed by atoms with Gasteiger partial charge in [-0.2, -0.15) is 23.3 Å². The van der Waals surface area contributed by atoms with Crippen LogP contribution in [-0.2, 0) is 6.61 Å². The molecule has 154 valence electrons. The topological polar surface area (TPSA) is 62.1 Å². The summed E-state index contributed by atoms with van der Waals surface area (Å²) in [6.07, 6.45) is -5.87. The highest BCUT2D eigenvalue weighted by Gasteiger charge is 2.62. The smallest absolute Gasteiger partial charge is 0.438 e. The molecule has 1 aliphatic rings. The van der Waals surface area contributed by atoms with Crippen molar-refractivity contribution in [3.8, 4) is 5.75 Å². The maximum Gasteiger partial charge on any atom is 0.438 e. The Labute approximate surface area is 174 Å². The number of hydrogen-bond acceptors (Lipinski definition) is 4. The molecule has 0 radical (unpaired) electrons. The lowest BCUT2D eigenvalue weighted by molar-refractivity contribution is -0.297. The van der Waals surface area contributed by atoms with Crippen LogP contribution in [0.25, 0.3) is 0 Å². The van der Waals surface area contributed by atoms with E-state index in [1.807, 2.05) is 0 Å². The van der Waals surface area contributed by atoms with E-state index in [0.717, 1.165) is 0 Å². The molecule has 10 heteroatoms. The van der Waals surface area contributed by atoms with Gasteiger partial charge in [0, 0.05) is 28.8 Å². The largest absolute Gasteiger partial charge is 0.487 e. The second kappa shape index (κ2) is 7.85. The van der Waals surface area contributed by atoms with Gasteiger partial charge in [-0.15, -0.1) is 0 Å². The van der Waals surface area contributed by atoms with Crippen molar-refractivity contribution in [1.82, 2.24) is 5.01 Å². The summed E-state index contributed by atoms with van der Waals surface area (Å²) in [6, 6.07) is 10.5. The molecule has 1 atom stereocenters. The van der Waals surface area contributed by atoms with E-state index in [9.17, 15) is 23.1 Å². The average Bonchev–Trinajstić information content (AvgIpc) is 2.97. The van der Waals surface area contributed by atoms with Crippen molar-refractivity contribution in [3.63, 3.8) is 0 Å². The number of rotatable bonds is 4. The summed E-state index contributed by atoms with van der Waals surface area (Å²) < 4.78 is 45.6. The number of hydrazone groups is 1. The summed E-state index contributed by atoms with van der Waals surface area (Å²) in [6.45, 7) is 1.30. The number of benzene rings is 2. The van der Waals surface area contributed by atoms with Gasteiger partial charge in [0.2, 0.25) is 0 Å². The van der Waals surface area contributed by atoms with Gasteiger partial charge >= 0.3 is 6.18 Å². The predicted molar refractivity (Wildman–Crippen MR) is 102 cm³/mol. The second-order valence-corrected chi connectivity index (χ2v) is 7.35. The first-order chi connectivity index (χ1) is 13.5. The number of nitrogens with zero attached hydrogens (tertiary/aromatic N) is 2. The van der Waals surface area contributed by atoms with Gasteiger partial charge in [0.1, 0.15) is 12.4 Å². The number of halogens is 5. The zero-order valence-electron chi connectivity index (χ0n) is 15.0. The summed E-state index contributed by atoms with van der Waals surface area (Å²) >= 11 is 11.9. The number of ether oxygens (including phenoxy) is 1. The molecular formula is C19H15Cl2F3N2O3. The van der Waals surface area contributed by atoms with E-state index < -0.39 is 24.2 Å². The third-order valence-electron chi connectivity index (χ3n) is 4.23. The maximum absolute atomic E-state index is 13.3. The zero-order valence-corrected chi connectivity index (χ0v) is 16.5. The highest BCUT2D eigenvalue weighted by atomic mass is 35.5. The van der Waals surface area contributed by atoms with Crippen molar-refractivity contribution in [2.24, 2.45) is 5.10 Å². The molecule has 0 spiro atoms. The van der Waals surface area contributed by atoms with E-state index in [1.54, 1.807) is 18.2 Å². The first kappa shape index (κ1) is 21.4. The Morgan fingerprint density at radius 2 is 2.00 bits per heavy atom. The van der Waals surface area contributed by atoms with Crippen LogP contribution in [0.15, 0.2) is 47.6 Å². The maximum atomic E-state index is 13.3. The van der Waals surface area contributed by atoms with Crippen LogP contribution in [0.4, 0.5) is 13.2 Å². The molecule has 5 nitrogen and oxygen atoms in total. The van der Waals surface area contributed by atoms with Crippen LogP contribution in [0.1, 0.15) is 29.3 Å². The van der Waals surface area contributed by atoms with Crippen molar-refractivity contribution in [2.75, 3.05) is 0 Å². The second-order valence-electron chi connectivity index (χ2n) is 6.51. The van der Waals surface area contributed by atoms with Gasteiger partial charge in [0.25, 0.3) is 11.6 Å². The summed E-state index contributed by atoms with van der Waals surface area (Å²) in [5, 5.41) is 14.5. The molecule has 1 N–H and O–H groups in total. The zero-order chi connectivity index (χ0) is 21.4. The highest BCUT2D eigenvalue weighted by molar-refractivity contribution is 6.34. The monoisotopic (exact) mass is 446 g/mol. The number of aliphatic hydroxyl groups is 1. The number of carbonyl (C=O) groups is 1. The fraction of sp³-hybridized carbons (Fsp3) is 0.263. The summed E-state index contributed by atoms with van der Waals surface area (Å²) in [4.78, 5) is 12.7. The van der Waals surface area contributed by atoms with Crippen molar-refractivity contribution in [3.05, 3.63) is 63.6 Å². The molecule has 2 aromatic carbocycles. The molecule has 1 aliphatic heterocycles. The third-order valence-corrected chi connectivity index (χ3v) is 4.78. The van der Waals surface area contributed by atoms with E-state index in [1.165, 1.54) is 31.2 Å². The number of amides is 1. The number of alkyl halides is 3. The summed E-state index contributed by atoms with van der Waals surface area (Å²) in [5.74, 6) is -0.758. The predicted octanol–water partition coefficient (Wildman–Crippen LogP) is 5.05. The van der Waals surface area contributed by atoms with E-state index >= 15 is 0 Å². The Morgan fingerprint density at radius 3 is 2.69 bits per heavy atom. The SMILES string of the molecule is CC1=NN(C(=O)c2cccc(COc3cc(Cl)ccc3Cl)c2)C(O)(C(F)(F)F)C1. The van der Waals surface area contributed by atoms with Gasteiger partial charge < -0.3 is 9.84 Å². The number of hydrogen-bond donors (Lipinski definition) is 1. The molecule has 0 aliphatic carbocycles. The van der Waals surface area contributed by atoms with Gasteiger partial charge in [-0.3, -0.25) is 4.79 Å². The van der Waals surface area contributed by atoms with Crippen LogP contribution < -0.4 is 4.74 Å². The quantitative estimate of drug-likeness (QED) is 0.714. The van der Waals surface area contributed by atoms with Gasteiger partial charge in [0.15, 0.2) is 0 Å². The molecule has 1 unspecified atom stereocenters. The van der Waals surface area contributed by atoms with Crippen molar-refractivity contribution in [1.29, 1.82) is 0 Å². The fourth-order valence-electron chi connectivity index (χ4n) is 2.82. The normalized spacial score (nSPS) is 19.3. The highest BCUT2D eigenvalue weighted by Crippen LogP contribution is 2.41. The fourth-order valence-corrected chi connectivity index (χ4v) is 3.15. The molecule has 3 rings (SSSR count). The molecule has 1 heterocycles. The molecule has 29 heavy (non-hydrogen) atoms. The van der Waals surface area contributed by atoms with Gasteiger partial charge in [-0.25, -0.2) is 0 Å². The van der Waals surface area contributed by atoms with Crippen LogP contribution in [0.2, 0.25) is 10.0 Å². The lowest BCUT2D eigenvalue weighted by Crippen LogP contribution is -2.56. The Balaban J connectivity index is 1.82. The van der Waals surface area contributed by atoms with Crippen LogP contribution in [0, 0.1) is 0 Å². The first-order valence-electron chi connectivity index (χ1n) is 8.36. The number of carbonyl (C=O) groups excluding carboxylic acids is 1. The Hall–Kier alpha value is -2.29. The van der Waals surface area contributed by atoms with Crippen LogP contribution in [0.3, 0.4) is 0 Å². The molecule has 0 aromatic heterocycles. The third kappa shape index (κ3) is 4.34. The van der Waals surface area contributed by atoms with Gasteiger partial charge in [-0.05, 0) is 36.8 Å². The minimum Gasteiger partial charge on any atom is -0.487 e. The molecule has 1 amide bonds. The molecular weight excluding hydrogens is 432 g/mol. The van der Waals surface area contributed by atoms with E-state index in [4.69, 9.17) is 27.9 Å². The standard InChI is InChI=1S/C19H15Cl2F3N2O3/c1-11-9-18(28,19(22,23)24)26(25-11)17(27)13-4-2-3-12(7-13)10-29-16-8-14(20)5-6-15(16)21/h2-8,28H,9-10H2,1H3. The molecule has 2 aromatic rings. The lowest BCUT2D eigenvalue weighted by Gasteiger charge is -2.32. The Kier molecular flexibility index (Phi) is 5.80. The lowest BCUT2D eigenvalue weighted by atomic mass is 10.1. The Morgan fingerprint density at radius 1 is 1.28 bits per heavy atom. The van der Waals surface area contributed by atoms with E-state index in [0.29, 0.717) is 21.4 Å². The van der Waals surface area contributed by atoms with Crippen molar-refractivity contribution >= 4 is 34.8 Å². The van der Waals surface area contributed by atoms with Gasteiger partial charge in [0.05, 0.1) is 5.02 Å². The minimum atomic E-state index is -5.06. The summed E-state index contributed by atoms with van der Waals surface area (Å²) in [5.41, 5.74) is -2.96. The van der Waals surface area contributed by atoms with Crippen LogP contribution in [0.5, 0.6) is 5.75 Å². The minimum absolute atomic E-state index is 0.00624. The molecule has 0 saturated carbocycles. The Bertz CT molecular complexity index is 981. The average molecular weight is 447 g/mol.